The molecular formula is C13H19N3O2. The molecule has 0 aliphatic carbocycles. The number of nitrogens with zero attached hydrogens (tertiary/aromatic N) is 2. The molecule has 1 amide bonds. The van der Waals surface area contributed by atoms with E-state index in [9.17, 15) is 4.79 Å². The fourth-order valence-electron chi connectivity index (χ4n) is 2.12. The molecule has 0 bridgehead atoms. The van der Waals surface area contributed by atoms with Crippen molar-refractivity contribution in [2.45, 2.75) is 6.54 Å². The van der Waals surface area contributed by atoms with Crippen molar-refractivity contribution in [3.63, 3.8) is 0 Å². The third kappa shape index (κ3) is 2.73. The summed E-state index contributed by atoms with van der Waals surface area (Å²) in [5.41, 5.74) is 7.88. The van der Waals surface area contributed by atoms with Crippen molar-refractivity contribution < 1.29 is 9.53 Å². The molecule has 1 heterocycles. The summed E-state index contributed by atoms with van der Waals surface area (Å²) in [4.78, 5) is 15.4. The average Bonchev–Trinajstić information content (AvgIpc) is 2.47. The molecule has 1 aromatic carbocycles. The first-order valence-electron chi connectivity index (χ1n) is 6.11. The van der Waals surface area contributed by atoms with Crippen molar-refractivity contribution in [3.05, 3.63) is 29.8 Å². The molecular weight excluding hydrogens is 230 g/mol. The Morgan fingerprint density at radius 2 is 1.83 bits per heavy atom. The van der Waals surface area contributed by atoms with E-state index in [2.05, 4.69) is 17.0 Å². The van der Waals surface area contributed by atoms with Gasteiger partial charge in [-0.3, -0.25) is 0 Å². The van der Waals surface area contributed by atoms with E-state index in [1.807, 2.05) is 12.1 Å². The minimum atomic E-state index is -0.242. The number of rotatable bonds is 2. The second kappa shape index (κ2) is 5.73. The third-order valence-electron chi connectivity index (χ3n) is 3.25. The second-order valence-electron chi connectivity index (χ2n) is 4.31. The molecule has 1 aliphatic rings. The number of amides is 1. The average molecular weight is 249 g/mol. The van der Waals surface area contributed by atoms with Gasteiger partial charge in [0.05, 0.1) is 7.11 Å². The van der Waals surface area contributed by atoms with Gasteiger partial charge in [0.1, 0.15) is 0 Å². The molecule has 5 nitrogen and oxygen atoms in total. The number of hydrogen-bond acceptors (Lipinski definition) is 4. The van der Waals surface area contributed by atoms with Crippen molar-refractivity contribution in [2.24, 2.45) is 5.73 Å². The number of methoxy groups -OCH3 is 1. The Hall–Kier alpha value is -1.75. The number of carbonyl (C=O) groups is 1. The Kier molecular flexibility index (Phi) is 4.04. The maximum atomic E-state index is 11.4. The first kappa shape index (κ1) is 12.7. The van der Waals surface area contributed by atoms with Crippen molar-refractivity contribution in [1.29, 1.82) is 0 Å². The quantitative estimate of drug-likeness (QED) is 0.850. The lowest BCUT2D eigenvalue weighted by Gasteiger charge is -2.35. The minimum Gasteiger partial charge on any atom is -0.453 e. The molecule has 0 radical (unpaired) electrons. The first-order chi connectivity index (χ1) is 8.74. The van der Waals surface area contributed by atoms with Gasteiger partial charge in [-0.2, -0.15) is 0 Å². The molecule has 0 spiro atoms. The summed E-state index contributed by atoms with van der Waals surface area (Å²) in [5.74, 6) is 0. The van der Waals surface area contributed by atoms with Crippen LogP contribution >= 0.6 is 0 Å². The van der Waals surface area contributed by atoms with Crippen LogP contribution in [0.2, 0.25) is 0 Å². The van der Waals surface area contributed by atoms with Gasteiger partial charge in [-0.1, -0.05) is 12.1 Å². The lowest BCUT2D eigenvalue weighted by atomic mass is 10.2. The van der Waals surface area contributed by atoms with Crippen LogP contribution in [0.4, 0.5) is 10.5 Å². The van der Waals surface area contributed by atoms with Crippen LogP contribution in [-0.4, -0.2) is 44.3 Å². The Labute approximate surface area is 107 Å². The van der Waals surface area contributed by atoms with Crippen LogP contribution in [0, 0.1) is 0 Å². The molecule has 2 N–H and O–H groups in total. The number of piperazine rings is 1. The fraction of sp³-hybridized carbons (Fsp3) is 0.462. The van der Waals surface area contributed by atoms with Crippen LogP contribution in [0.3, 0.4) is 0 Å². The summed E-state index contributed by atoms with van der Waals surface area (Å²) in [6, 6.07) is 8.25. The van der Waals surface area contributed by atoms with E-state index in [1.165, 1.54) is 12.8 Å². The van der Waals surface area contributed by atoms with Crippen molar-refractivity contribution in [3.8, 4) is 0 Å². The van der Waals surface area contributed by atoms with Gasteiger partial charge in [0.25, 0.3) is 0 Å². The molecule has 1 saturated heterocycles. The molecule has 18 heavy (non-hydrogen) atoms. The Bertz CT molecular complexity index is 397. The zero-order valence-electron chi connectivity index (χ0n) is 10.6. The zero-order valence-corrected chi connectivity index (χ0v) is 10.6. The monoisotopic (exact) mass is 249 g/mol. The zero-order chi connectivity index (χ0) is 13.0. The van der Waals surface area contributed by atoms with Crippen molar-refractivity contribution in [1.82, 2.24) is 4.90 Å². The number of nitrogens with two attached hydrogens (primary N) is 1. The van der Waals surface area contributed by atoms with Crippen LogP contribution in [-0.2, 0) is 11.3 Å². The molecule has 0 unspecified atom stereocenters. The number of hydrogen-bond donors (Lipinski definition) is 1. The predicted octanol–water partition coefficient (Wildman–Crippen LogP) is 1.03. The maximum Gasteiger partial charge on any atom is 0.409 e. The van der Waals surface area contributed by atoms with E-state index in [-0.39, 0.29) is 6.09 Å². The van der Waals surface area contributed by atoms with Crippen LogP contribution in [0.25, 0.3) is 0 Å². The fourth-order valence-corrected chi connectivity index (χ4v) is 2.12. The molecule has 2 rings (SSSR count). The normalized spacial score (nSPS) is 15.7. The van der Waals surface area contributed by atoms with Gasteiger partial charge in [0.15, 0.2) is 0 Å². The lowest BCUT2D eigenvalue weighted by molar-refractivity contribution is 0.121. The predicted molar refractivity (Wildman–Crippen MR) is 70.5 cm³/mol. The van der Waals surface area contributed by atoms with Crippen LogP contribution in [0.5, 0.6) is 0 Å². The summed E-state index contributed by atoms with van der Waals surface area (Å²) in [6.45, 7) is 3.63. The summed E-state index contributed by atoms with van der Waals surface area (Å²) < 4.78 is 4.72. The van der Waals surface area contributed by atoms with Gasteiger partial charge < -0.3 is 20.3 Å². The summed E-state index contributed by atoms with van der Waals surface area (Å²) in [5, 5.41) is 0. The van der Waals surface area contributed by atoms with E-state index >= 15 is 0 Å². The third-order valence-corrected chi connectivity index (χ3v) is 3.25. The van der Waals surface area contributed by atoms with E-state index < -0.39 is 0 Å². The van der Waals surface area contributed by atoms with Gasteiger partial charge >= 0.3 is 6.09 Å². The number of ether oxygens (including phenoxy) is 1. The minimum absolute atomic E-state index is 0.242. The highest BCUT2D eigenvalue weighted by Gasteiger charge is 2.21. The number of anilines is 1. The Morgan fingerprint density at radius 1 is 1.22 bits per heavy atom. The van der Waals surface area contributed by atoms with E-state index in [0.717, 1.165) is 18.7 Å². The highest BCUT2D eigenvalue weighted by molar-refractivity contribution is 5.68. The van der Waals surface area contributed by atoms with Crippen LogP contribution < -0.4 is 10.6 Å². The number of benzene rings is 1. The first-order valence-corrected chi connectivity index (χ1v) is 6.11. The molecule has 1 aliphatic heterocycles. The van der Waals surface area contributed by atoms with Gasteiger partial charge in [0, 0.05) is 38.4 Å². The summed E-state index contributed by atoms with van der Waals surface area (Å²) in [7, 11) is 1.42. The lowest BCUT2D eigenvalue weighted by Crippen LogP contribution is -2.48. The van der Waals surface area contributed by atoms with Crippen LogP contribution in [0.1, 0.15) is 5.56 Å². The summed E-state index contributed by atoms with van der Waals surface area (Å²) >= 11 is 0. The Balaban J connectivity index is 1.94. The molecule has 5 heteroatoms. The SMILES string of the molecule is COC(=O)N1CCN(c2ccc(CN)cc2)CC1. The van der Waals surface area contributed by atoms with E-state index in [1.54, 1.807) is 4.90 Å². The maximum absolute atomic E-state index is 11.4. The molecule has 0 aromatic heterocycles. The molecule has 0 saturated carbocycles. The highest BCUT2D eigenvalue weighted by Crippen LogP contribution is 2.17. The molecule has 1 aromatic rings. The highest BCUT2D eigenvalue weighted by atomic mass is 16.5. The molecule has 98 valence electrons. The topological polar surface area (TPSA) is 58.8 Å². The second-order valence-corrected chi connectivity index (χ2v) is 4.31. The van der Waals surface area contributed by atoms with Crippen LogP contribution in [0.15, 0.2) is 24.3 Å². The van der Waals surface area contributed by atoms with Gasteiger partial charge in [0.2, 0.25) is 0 Å². The Morgan fingerprint density at radius 3 is 2.33 bits per heavy atom. The largest absolute Gasteiger partial charge is 0.453 e. The summed E-state index contributed by atoms with van der Waals surface area (Å²) in [6.07, 6.45) is -0.242. The standard InChI is InChI=1S/C13H19N3O2/c1-18-13(17)16-8-6-15(7-9-16)12-4-2-11(10-14)3-5-12/h2-5H,6-10,14H2,1H3. The van der Waals surface area contributed by atoms with Crippen molar-refractivity contribution >= 4 is 11.8 Å². The molecule has 0 atom stereocenters. The smallest absolute Gasteiger partial charge is 0.409 e. The number of carbonyl (C=O) groups excluding carboxylic acids is 1. The molecule has 1 fully saturated rings. The van der Waals surface area contributed by atoms with Gasteiger partial charge in [-0.15, -0.1) is 0 Å². The van der Waals surface area contributed by atoms with E-state index in [0.29, 0.717) is 19.6 Å². The van der Waals surface area contributed by atoms with Gasteiger partial charge in [-0.05, 0) is 17.7 Å². The van der Waals surface area contributed by atoms with E-state index in [4.69, 9.17) is 10.5 Å². The van der Waals surface area contributed by atoms with Gasteiger partial charge in [-0.25, -0.2) is 4.79 Å². The van der Waals surface area contributed by atoms with Crippen molar-refractivity contribution in [2.75, 3.05) is 38.2 Å².